The molecule has 1 heterocycles. The molecule has 1 aliphatic rings. The number of furan rings is 1. The highest BCUT2D eigenvalue weighted by Crippen LogP contribution is 2.41. The van der Waals surface area contributed by atoms with Gasteiger partial charge < -0.3 is 9.15 Å². The summed E-state index contributed by atoms with van der Waals surface area (Å²) in [5, 5.41) is 1.21. The number of rotatable bonds is 6. The van der Waals surface area contributed by atoms with Crippen LogP contribution < -0.4 is 4.74 Å². The zero-order chi connectivity index (χ0) is 18.1. The number of ether oxygens (including phenoxy) is 1. The zero-order valence-corrected chi connectivity index (χ0v) is 15.1. The average Bonchev–Trinajstić information content (AvgIpc) is 3.29. The number of halogens is 2. The van der Waals surface area contributed by atoms with E-state index >= 15 is 4.39 Å². The van der Waals surface area contributed by atoms with Gasteiger partial charge in [0, 0.05) is 10.8 Å². The van der Waals surface area contributed by atoms with Crippen molar-refractivity contribution in [1.82, 2.24) is 0 Å². The van der Waals surface area contributed by atoms with Crippen molar-refractivity contribution in [3.8, 4) is 5.75 Å². The lowest BCUT2D eigenvalue weighted by Gasteiger charge is -2.10. The second-order valence-corrected chi connectivity index (χ2v) is 7.24. The third kappa shape index (κ3) is 2.95. The van der Waals surface area contributed by atoms with Crippen LogP contribution in [0.25, 0.3) is 21.9 Å². The largest absolute Gasteiger partial charge is 0.490 e. The van der Waals surface area contributed by atoms with Gasteiger partial charge in [0.15, 0.2) is 22.7 Å². The van der Waals surface area contributed by atoms with Crippen molar-refractivity contribution < 1.29 is 17.9 Å². The third-order valence-corrected chi connectivity index (χ3v) is 5.48. The molecular formula is C22H24F2O2. The molecule has 3 aromatic rings. The van der Waals surface area contributed by atoms with E-state index in [4.69, 9.17) is 9.15 Å². The van der Waals surface area contributed by atoms with E-state index in [0.717, 1.165) is 44.9 Å². The molecule has 0 radical (unpaired) electrons. The van der Waals surface area contributed by atoms with Gasteiger partial charge in [-0.2, -0.15) is 4.39 Å². The Bertz CT molecular complexity index is 923. The molecule has 0 bridgehead atoms. The summed E-state index contributed by atoms with van der Waals surface area (Å²) in [5.74, 6) is -0.466. The van der Waals surface area contributed by atoms with Gasteiger partial charge in [-0.3, -0.25) is 0 Å². The highest BCUT2D eigenvalue weighted by molar-refractivity contribution is 6.05. The van der Waals surface area contributed by atoms with Crippen LogP contribution in [0, 0.1) is 11.6 Å². The molecule has 1 fully saturated rings. The van der Waals surface area contributed by atoms with Crippen molar-refractivity contribution in [1.29, 1.82) is 0 Å². The van der Waals surface area contributed by atoms with Gasteiger partial charge in [-0.25, -0.2) is 4.39 Å². The lowest BCUT2D eigenvalue weighted by Crippen LogP contribution is -1.99. The molecule has 4 heteroatoms. The van der Waals surface area contributed by atoms with Gasteiger partial charge in [-0.1, -0.05) is 38.7 Å². The van der Waals surface area contributed by atoms with Crippen molar-refractivity contribution in [3.05, 3.63) is 41.5 Å². The fraction of sp³-hybridized carbons (Fsp3) is 0.455. The molecule has 4 rings (SSSR count). The summed E-state index contributed by atoms with van der Waals surface area (Å²) in [6, 6.07) is 7.07. The predicted molar refractivity (Wildman–Crippen MR) is 99.9 cm³/mol. The summed E-state index contributed by atoms with van der Waals surface area (Å²) in [6.45, 7) is 2.58. The van der Waals surface area contributed by atoms with Gasteiger partial charge >= 0.3 is 0 Å². The van der Waals surface area contributed by atoms with Crippen molar-refractivity contribution in [2.45, 2.75) is 57.8 Å². The molecular weight excluding hydrogens is 334 g/mol. The first kappa shape index (κ1) is 17.3. The number of benzene rings is 2. The van der Waals surface area contributed by atoms with Crippen LogP contribution in [0.3, 0.4) is 0 Å². The molecule has 0 aliphatic heterocycles. The maximum Gasteiger partial charge on any atom is 0.208 e. The van der Waals surface area contributed by atoms with Crippen LogP contribution >= 0.6 is 0 Å². The summed E-state index contributed by atoms with van der Waals surface area (Å²) < 4.78 is 41.0. The minimum absolute atomic E-state index is 0.0791. The van der Waals surface area contributed by atoms with Gasteiger partial charge in [0.1, 0.15) is 0 Å². The average molecular weight is 358 g/mol. The lowest BCUT2D eigenvalue weighted by atomic mass is 9.96. The molecule has 1 aliphatic carbocycles. The SMILES string of the molecule is CCCCCOc1ccc2c(oc3c(F)c(C4CCCC4)ccc32)c1F. The van der Waals surface area contributed by atoms with E-state index in [1.165, 1.54) is 0 Å². The lowest BCUT2D eigenvalue weighted by molar-refractivity contribution is 0.291. The fourth-order valence-electron chi connectivity index (χ4n) is 4.03. The Balaban J connectivity index is 1.73. The Morgan fingerprint density at radius 1 is 0.962 bits per heavy atom. The molecule has 1 saturated carbocycles. The first-order valence-corrected chi connectivity index (χ1v) is 9.66. The van der Waals surface area contributed by atoms with Crippen LogP contribution in [0.5, 0.6) is 5.75 Å². The van der Waals surface area contributed by atoms with Gasteiger partial charge in [-0.05, 0) is 48.9 Å². The van der Waals surface area contributed by atoms with E-state index in [-0.39, 0.29) is 28.7 Å². The van der Waals surface area contributed by atoms with Crippen molar-refractivity contribution in [3.63, 3.8) is 0 Å². The number of unbranched alkanes of at least 4 members (excludes halogenated alkanes) is 2. The summed E-state index contributed by atoms with van der Waals surface area (Å²) in [5.41, 5.74) is 0.937. The van der Waals surface area contributed by atoms with E-state index in [9.17, 15) is 4.39 Å². The van der Waals surface area contributed by atoms with Crippen LogP contribution in [0.2, 0.25) is 0 Å². The molecule has 2 aromatic carbocycles. The molecule has 0 atom stereocenters. The van der Waals surface area contributed by atoms with Crippen molar-refractivity contribution >= 4 is 21.9 Å². The normalized spacial score (nSPS) is 15.3. The molecule has 2 nitrogen and oxygen atoms in total. The molecule has 0 unspecified atom stereocenters. The van der Waals surface area contributed by atoms with Gasteiger partial charge in [0.05, 0.1) is 6.61 Å². The Labute approximate surface area is 152 Å². The summed E-state index contributed by atoms with van der Waals surface area (Å²) in [7, 11) is 0. The van der Waals surface area contributed by atoms with Crippen LogP contribution in [0.1, 0.15) is 63.4 Å². The molecule has 0 spiro atoms. The molecule has 0 N–H and O–H groups in total. The van der Waals surface area contributed by atoms with Gasteiger partial charge in [-0.15, -0.1) is 0 Å². The van der Waals surface area contributed by atoms with Crippen molar-refractivity contribution in [2.75, 3.05) is 6.61 Å². The second-order valence-electron chi connectivity index (χ2n) is 7.24. The van der Waals surface area contributed by atoms with Crippen LogP contribution in [0.4, 0.5) is 8.78 Å². The second kappa shape index (κ2) is 7.26. The minimum atomic E-state index is -0.544. The maximum absolute atomic E-state index is 15.0. The topological polar surface area (TPSA) is 22.4 Å². The number of hydrogen-bond acceptors (Lipinski definition) is 2. The summed E-state index contributed by atoms with van der Waals surface area (Å²) in [6.07, 6.45) is 7.29. The fourth-order valence-corrected chi connectivity index (χ4v) is 4.03. The highest BCUT2D eigenvalue weighted by atomic mass is 19.1. The first-order chi connectivity index (χ1) is 12.7. The highest BCUT2D eigenvalue weighted by Gasteiger charge is 2.24. The van der Waals surface area contributed by atoms with Crippen LogP contribution in [-0.2, 0) is 0 Å². The predicted octanol–water partition coefficient (Wildman–Crippen LogP) is 7.09. The Morgan fingerprint density at radius 3 is 2.38 bits per heavy atom. The maximum atomic E-state index is 15.0. The quantitative estimate of drug-likeness (QED) is 0.439. The summed E-state index contributed by atoms with van der Waals surface area (Å²) >= 11 is 0. The standard InChI is InChI=1S/C22H24F2O2/c1-2-3-6-13-25-18-12-11-17-16-10-9-15(14-7-4-5-8-14)19(23)21(16)26-22(17)20(18)24/h9-12,14H,2-8,13H2,1H3. The molecule has 0 saturated heterocycles. The minimum Gasteiger partial charge on any atom is -0.490 e. The first-order valence-electron chi connectivity index (χ1n) is 9.66. The number of fused-ring (bicyclic) bond motifs is 3. The van der Waals surface area contributed by atoms with E-state index in [1.807, 2.05) is 12.1 Å². The van der Waals surface area contributed by atoms with Gasteiger partial charge in [0.25, 0.3) is 0 Å². The van der Waals surface area contributed by atoms with Crippen LogP contribution in [0.15, 0.2) is 28.7 Å². The third-order valence-electron chi connectivity index (χ3n) is 5.48. The Morgan fingerprint density at radius 2 is 1.65 bits per heavy atom. The molecule has 0 amide bonds. The molecule has 1 aromatic heterocycles. The van der Waals surface area contributed by atoms with E-state index in [0.29, 0.717) is 22.9 Å². The number of hydrogen-bond donors (Lipinski definition) is 0. The monoisotopic (exact) mass is 358 g/mol. The Hall–Kier alpha value is -2.10. The van der Waals surface area contributed by atoms with Crippen molar-refractivity contribution in [2.24, 2.45) is 0 Å². The summed E-state index contributed by atoms with van der Waals surface area (Å²) in [4.78, 5) is 0. The van der Waals surface area contributed by atoms with E-state index in [2.05, 4.69) is 6.92 Å². The molecule has 26 heavy (non-hydrogen) atoms. The Kier molecular flexibility index (Phi) is 4.84. The van der Waals surface area contributed by atoms with Crippen LogP contribution in [-0.4, -0.2) is 6.61 Å². The molecule has 138 valence electrons. The van der Waals surface area contributed by atoms with E-state index in [1.54, 1.807) is 12.1 Å². The smallest absolute Gasteiger partial charge is 0.208 e. The van der Waals surface area contributed by atoms with Gasteiger partial charge in [0.2, 0.25) is 5.82 Å². The van der Waals surface area contributed by atoms with E-state index < -0.39 is 5.82 Å². The zero-order valence-electron chi connectivity index (χ0n) is 15.1.